The number of rotatable bonds is 2. The van der Waals surface area contributed by atoms with E-state index in [1.165, 1.54) is 0 Å². The van der Waals surface area contributed by atoms with Gasteiger partial charge in [0.2, 0.25) is 0 Å². The van der Waals surface area contributed by atoms with Gasteiger partial charge in [0.05, 0.1) is 34.4 Å². The molecule has 0 aliphatic rings. The zero-order chi connectivity index (χ0) is 13.4. The first-order chi connectivity index (χ1) is 9.13. The Morgan fingerprint density at radius 3 is 2.68 bits per heavy atom. The molecule has 4 nitrogen and oxygen atoms in total. The number of hydrogen-bond donors (Lipinski definition) is 0. The van der Waals surface area contributed by atoms with Crippen molar-refractivity contribution in [2.75, 3.05) is 0 Å². The van der Waals surface area contributed by atoms with Crippen LogP contribution in [0.2, 0.25) is 0 Å². The summed E-state index contributed by atoms with van der Waals surface area (Å²) in [6.07, 6.45) is 5.52. The van der Waals surface area contributed by atoms with Crippen molar-refractivity contribution in [1.29, 1.82) is 0 Å². The average molecular weight is 335 g/mol. The first kappa shape index (κ1) is 12.5. The van der Waals surface area contributed by atoms with Gasteiger partial charge in [-0.3, -0.25) is 9.67 Å². The third kappa shape index (κ3) is 2.46. The SMILES string of the molecule is Cc1nn(C)cc1-c1cncc(-c2cc(Br)cs2)n1. The van der Waals surface area contributed by atoms with Crippen molar-refractivity contribution in [3.05, 3.63) is 40.2 Å². The van der Waals surface area contributed by atoms with Gasteiger partial charge >= 0.3 is 0 Å². The van der Waals surface area contributed by atoms with Crippen LogP contribution in [0.3, 0.4) is 0 Å². The van der Waals surface area contributed by atoms with E-state index in [0.29, 0.717) is 0 Å². The minimum atomic E-state index is 0.854. The molecule has 0 spiro atoms. The van der Waals surface area contributed by atoms with Crippen LogP contribution >= 0.6 is 27.3 Å². The van der Waals surface area contributed by atoms with E-state index in [2.05, 4.69) is 37.1 Å². The lowest BCUT2D eigenvalue weighted by atomic mass is 10.2. The molecule has 3 rings (SSSR count). The molecule has 0 aliphatic carbocycles. The summed E-state index contributed by atoms with van der Waals surface area (Å²) in [6.45, 7) is 1.98. The molecule has 0 bridgehead atoms. The van der Waals surface area contributed by atoms with Crippen LogP contribution in [0.15, 0.2) is 34.5 Å². The van der Waals surface area contributed by atoms with E-state index in [9.17, 15) is 0 Å². The van der Waals surface area contributed by atoms with Crippen LogP contribution in [0.1, 0.15) is 5.69 Å². The van der Waals surface area contributed by atoms with E-state index in [1.54, 1.807) is 28.4 Å². The number of nitrogens with zero attached hydrogens (tertiary/aromatic N) is 4. The maximum absolute atomic E-state index is 4.67. The van der Waals surface area contributed by atoms with Gasteiger partial charge in [0.1, 0.15) is 0 Å². The van der Waals surface area contributed by atoms with Gasteiger partial charge in [0.25, 0.3) is 0 Å². The molecule has 19 heavy (non-hydrogen) atoms. The highest BCUT2D eigenvalue weighted by Crippen LogP contribution is 2.29. The molecule has 0 saturated heterocycles. The fourth-order valence-corrected chi connectivity index (χ4v) is 3.30. The minimum Gasteiger partial charge on any atom is -0.275 e. The Morgan fingerprint density at radius 1 is 1.26 bits per heavy atom. The molecule has 3 aromatic heterocycles. The predicted octanol–water partition coefficient (Wildman–Crippen LogP) is 3.68. The van der Waals surface area contributed by atoms with E-state index in [0.717, 1.165) is 32.0 Å². The monoisotopic (exact) mass is 334 g/mol. The summed E-state index contributed by atoms with van der Waals surface area (Å²) in [5.41, 5.74) is 3.72. The molecule has 3 aromatic rings. The summed E-state index contributed by atoms with van der Waals surface area (Å²) >= 11 is 5.10. The molecule has 0 unspecified atom stereocenters. The van der Waals surface area contributed by atoms with Crippen LogP contribution in [0.25, 0.3) is 21.8 Å². The first-order valence-corrected chi connectivity index (χ1v) is 7.38. The molecular formula is C13H11BrN4S. The molecule has 0 radical (unpaired) electrons. The van der Waals surface area contributed by atoms with Crippen LogP contribution < -0.4 is 0 Å². The number of aromatic nitrogens is 4. The maximum atomic E-state index is 4.67. The van der Waals surface area contributed by atoms with E-state index >= 15 is 0 Å². The molecule has 0 aromatic carbocycles. The summed E-state index contributed by atoms with van der Waals surface area (Å²) in [7, 11) is 1.91. The summed E-state index contributed by atoms with van der Waals surface area (Å²) in [6, 6.07) is 2.05. The average Bonchev–Trinajstić information content (AvgIpc) is 2.96. The lowest BCUT2D eigenvalue weighted by molar-refractivity contribution is 0.756. The van der Waals surface area contributed by atoms with Gasteiger partial charge in [-0.05, 0) is 28.9 Å². The maximum Gasteiger partial charge on any atom is 0.0992 e. The highest BCUT2D eigenvalue weighted by Gasteiger charge is 2.10. The lowest BCUT2D eigenvalue weighted by Gasteiger charge is -2.01. The van der Waals surface area contributed by atoms with Crippen molar-refractivity contribution in [2.24, 2.45) is 7.05 Å². The van der Waals surface area contributed by atoms with Crippen molar-refractivity contribution in [3.63, 3.8) is 0 Å². The fourth-order valence-electron chi connectivity index (χ4n) is 1.91. The summed E-state index contributed by atoms with van der Waals surface area (Å²) in [4.78, 5) is 10.1. The van der Waals surface area contributed by atoms with Crippen molar-refractivity contribution < 1.29 is 0 Å². The second kappa shape index (κ2) is 4.86. The quantitative estimate of drug-likeness (QED) is 0.718. The van der Waals surface area contributed by atoms with E-state index in [-0.39, 0.29) is 0 Å². The molecule has 0 N–H and O–H groups in total. The number of aryl methyl sites for hydroxylation is 2. The Balaban J connectivity index is 2.07. The van der Waals surface area contributed by atoms with Gasteiger partial charge in [0, 0.05) is 28.7 Å². The third-order valence-electron chi connectivity index (χ3n) is 2.74. The number of hydrogen-bond acceptors (Lipinski definition) is 4. The molecule has 0 saturated carbocycles. The van der Waals surface area contributed by atoms with Gasteiger partial charge in [-0.25, -0.2) is 4.98 Å². The van der Waals surface area contributed by atoms with E-state index in [1.807, 2.05) is 25.5 Å². The molecule has 6 heteroatoms. The Kier molecular flexibility index (Phi) is 3.20. The molecule has 0 fully saturated rings. The molecule has 3 heterocycles. The van der Waals surface area contributed by atoms with Crippen LogP contribution in [0.4, 0.5) is 0 Å². The fraction of sp³-hybridized carbons (Fsp3) is 0.154. The second-order valence-corrected chi connectivity index (χ2v) is 6.05. The highest BCUT2D eigenvalue weighted by atomic mass is 79.9. The largest absolute Gasteiger partial charge is 0.275 e. The van der Waals surface area contributed by atoms with E-state index < -0.39 is 0 Å². The normalized spacial score (nSPS) is 10.9. The van der Waals surface area contributed by atoms with Gasteiger partial charge in [-0.2, -0.15) is 5.10 Å². The van der Waals surface area contributed by atoms with Crippen molar-refractivity contribution >= 4 is 27.3 Å². The Bertz CT molecular complexity index is 732. The minimum absolute atomic E-state index is 0.854. The van der Waals surface area contributed by atoms with Gasteiger partial charge in [0.15, 0.2) is 0 Å². The van der Waals surface area contributed by atoms with Crippen LogP contribution in [0, 0.1) is 6.92 Å². The topological polar surface area (TPSA) is 43.6 Å². The van der Waals surface area contributed by atoms with Crippen molar-refractivity contribution in [3.8, 4) is 21.8 Å². The third-order valence-corrected chi connectivity index (χ3v) is 4.46. The van der Waals surface area contributed by atoms with E-state index in [4.69, 9.17) is 0 Å². The zero-order valence-corrected chi connectivity index (χ0v) is 12.9. The second-order valence-electron chi connectivity index (χ2n) is 4.22. The summed E-state index contributed by atoms with van der Waals surface area (Å²) in [5, 5.41) is 6.38. The van der Waals surface area contributed by atoms with Crippen LogP contribution in [-0.4, -0.2) is 19.7 Å². The van der Waals surface area contributed by atoms with Crippen LogP contribution in [-0.2, 0) is 7.05 Å². The zero-order valence-electron chi connectivity index (χ0n) is 10.5. The smallest absolute Gasteiger partial charge is 0.0992 e. The van der Waals surface area contributed by atoms with Gasteiger partial charge < -0.3 is 0 Å². The number of halogens is 1. The van der Waals surface area contributed by atoms with Crippen molar-refractivity contribution in [2.45, 2.75) is 6.92 Å². The summed E-state index contributed by atoms with van der Waals surface area (Å²) < 4.78 is 2.86. The molecule has 0 aliphatic heterocycles. The van der Waals surface area contributed by atoms with Gasteiger partial charge in [-0.15, -0.1) is 11.3 Å². The van der Waals surface area contributed by atoms with Crippen LogP contribution in [0.5, 0.6) is 0 Å². The Hall–Kier alpha value is -1.53. The standard InChI is InChI=1S/C13H11BrN4S/c1-8-10(6-18(2)17-8)11-4-15-5-12(16-11)13-3-9(14)7-19-13/h3-7H,1-2H3. The lowest BCUT2D eigenvalue weighted by Crippen LogP contribution is -1.89. The molecular weight excluding hydrogens is 324 g/mol. The first-order valence-electron chi connectivity index (χ1n) is 5.70. The predicted molar refractivity (Wildman–Crippen MR) is 80.0 cm³/mol. The van der Waals surface area contributed by atoms with Crippen molar-refractivity contribution in [1.82, 2.24) is 19.7 Å². The number of thiophene rings is 1. The Morgan fingerprint density at radius 2 is 2.05 bits per heavy atom. The molecule has 0 amide bonds. The Labute approximate surface area is 123 Å². The summed E-state index contributed by atoms with van der Waals surface area (Å²) in [5.74, 6) is 0. The molecule has 0 atom stereocenters. The van der Waals surface area contributed by atoms with Gasteiger partial charge in [-0.1, -0.05) is 0 Å². The highest BCUT2D eigenvalue weighted by molar-refractivity contribution is 9.10. The molecule has 96 valence electrons.